The number of nitrogens with zero attached hydrogens (tertiary/aromatic N) is 2. The zero-order valence-electron chi connectivity index (χ0n) is 15.5. The van der Waals surface area contributed by atoms with E-state index in [0.29, 0.717) is 16.8 Å². The van der Waals surface area contributed by atoms with E-state index in [4.69, 9.17) is 9.15 Å². The van der Waals surface area contributed by atoms with E-state index in [9.17, 15) is 14.4 Å². The van der Waals surface area contributed by atoms with Gasteiger partial charge in [-0.15, -0.1) is 0 Å². The Balaban J connectivity index is 1.41. The van der Waals surface area contributed by atoms with Gasteiger partial charge in [0.1, 0.15) is 17.6 Å². The molecular weight excluding hydrogens is 374 g/mol. The quantitative estimate of drug-likeness (QED) is 0.525. The molecule has 0 atom stereocenters. The Morgan fingerprint density at radius 3 is 2.69 bits per heavy atom. The highest BCUT2D eigenvalue weighted by atomic mass is 16.5. The number of furan rings is 1. The van der Waals surface area contributed by atoms with Crippen LogP contribution in [0.2, 0.25) is 0 Å². The van der Waals surface area contributed by atoms with Crippen LogP contribution in [-0.4, -0.2) is 28.0 Å². The van der Waals surface area contributed by atoms with E-state index in [2.05, 4.69) is 10.3 Å². The van der Waals surface area contributed by atoms with E-state index in [1.165, 1.54) is 6.33 Å². The number of nitrogens with one attached hydrogen (secondary N) is 1. The molecule has 0 aliphatic carbocycles. The van der Waals surface area contributed by atoms with Crippen LogP contribution in [0.1, 0.15) is 5.56 Å². The number of aromatic nitrogens is 2. The molecule has 0 saturated heterocycles. The highest BCUT2D eigenvalue weighted by molar-refractivity contribution is 6.01. The third kappa shape index (κ3) is 3.86. The molecule has 0 bridgehead atoms. The minimum atomic E-state index is -0.733. The number of fused-ring (bicyclic) bond motifs is 3. The summed E-state index contributed by atoms with van der Waals surface area (Å²) in [5, 5.41) is 3.35. The number of benzene rings is 2. The second kappa shape index (κ2) is 7.59. The van der Waals surface area contributed by atoms with Gasteiger partial charge in [0.25, 0.3) is 11.5 Å². The van der Waals surface area contributed by atoms with Gasteiger partial charge in [-0.2, -0.15) is 0 Å². The van der Waals surface area contributed by atoms with Gasteiger partial charge in [-0.3, -0.25) is 19.0 Å². The first-order valence-corrected chi connectivity index (χ1v) is 8.90. The van der Waals surface area contributed by atoms with Crippen LogP contribution in [0.25, 0.3) is 22.1 Å². The lowest BCUT2D eigenvalue weighted by Gasteiger charge is -2.08. The van der Waals surface area contributed by atoms with E-state index in [-0.39, 0.29) is 12.1 Å². The number of amides is 1. The van der Waals surface area contributed by atoms with Gasteiger partial charge in [0.05, 0.1) is 6.33 Å². The third-order valence-corrected chi connectivity index (χ3v) is 4.35. The standard InChI is InChI=1S/C21H17N3O5/c1-13-6-8-14(9-7-13)23-17(25)11-28-18(26)10-24-12-22-19-15-4-2-3-5-16(15)29-20(19)21(24)27/h2-9,12H,10-11H2,1H3,(H,23,25). The van der Waals surface area contributed by atoms with E-state index >= 15 is 0 Å². The van der Waals surface area contributed by atoms with Gasteiger partial charge in [-0.25, -0.2) is 4.98 Å². The first kappa shape index (κ1) is 18.4. The highest BCUT2D eigenvalue weighted by Gasteiger charge is 2.15. The molecule has 4 aromatic rings. The van der Waals surface area contributed by atoms with Gasteiger partial charge in [0.2, 0.25) is 5.58 Å². The van der Waals surface area contributed by atoms with Crippen LogP contribution >= 0.6 is 0 Å². The lowest BCUT2D eigenvalue weighted by atomic mass is 10.2. The fourth-order valence-electron chi connectivity index (χ4n) is 2.89. The topological polar surface area (TPSA) is 103 Å². The van der Waals surface area contributed by atoms with E-state index in [1.54, 1.807) is 30.3 Å². The molecule has 8 heteroatoms. The number of hydrogen-bond acceptors (Lipinski definition) is 6. The fraction of sp³-hybridized carbons (Fsp3) is 0.143. The Hall–Kier alpha value is -3.94. The van der Waals surface area contributed by atoms with E-state index in [1.807, 2.05) is 25.1 Å². The smallest absolute Gasteiger partial charge is 0.326 e. The number of aryl methyl sites for hydroxylation is 1. The molecule has 29 heavy (non-hydrogen) atoms. The van der Waals surface area contributed by atoms with Crippen molar-refractivity contribution in [1.82, 2.24) is 9.55 Å². The molecule has 146 valence electrons. The second-order valence-electron chi connectivity index (χ2n) is 6.53. The zero-order valence-corrected chi connectivity index (χ0v) is 15.5. The Morgan fingerprint density at radius 1 is 1.14 bits per heavy atom. The molecule has 2 aromatic carbocycles. The van der Waals surface area contributed by atoms with Gasteiger partial charge in [-0.1, -0.05) is 29.8 Å². The molecule has 2 heterocycles. The number of rotatable bonds is 5. The van der Waals surface area contributed by atoms with Crippen LogP contribution < -0.4 is 10.9 Å². The molecule has 0 unspecified atom stereocenters. The lowest BCUT2D eigenvalue weighted by Crippen LogP contribution is -2.27. The van der Waals surface area contributed by atoms with Crippen LogP contribution in [0.3, 0.4) is 0 Å². The van der Waals surface area contributed by atoms with Gasteiger partial charge < -0.3 is 14.5 Å². The van der Waals surface area contributed by atoms with Crippen LogP contribution in [0.15, 0.2) is 64.1 Å². The summed E-state index contributed by atoms with van der Waals surface area (Å²) in [5.74, 6) is -1.20. The Labute approximate surface area is 164 Å². The molecule has 0 aliphatic heterocycles. The number of carbonyl (C=O) groups is 2. The van der Waals surface area contributed by atoms with Crippen molar-refractivity contribution >= 4 is 39.6 Å². The van der Waals surface area contributed by atoms with Gasteiger partial charge in [0, 0.05) is 11.1 Å². The summed E-state index contributed by atoms with van der Waals surface area (Å²) < 4.78 is 11.6. The largest absolute Gasteiger partial charge is 0.454 e. The van der Waals surface area contributed by atoms with E-state index in [0.717, 1.165) is 15.5 Å². The number of carbonyl (C=O) groups excluding carboxylic acids is 2. The first-order chi connectivity index (χ1) is 14.0. The fourth-order valence-corrected chi connectivity index (χ4v) is 2.89. The minimum absolute atomic E-state index is 0.0682. The first-order valence-electron chi connectivity index (χ1n) is 8.90. The molecule has 0 aliphatic rings. The summed E-state index contributed by atoms with van der Waals surface area (Å²) in [4.78, 5) is 40.8. The number of esters is 1. The average Bonchev–Trinajstić information content (AvgIpc) is 3.10. The van der Waals surface area contributed by atoms with Gasteiger partial charge >= 0.3 is 5.97 Å². The second-order valence-corrected chi connectivity index (χ2v) is 6.53. The van der Waals surface area contributed by atoms with Crippen molar-refractivity contribution in [3.8, 4) is 0 Å². The maximum Gasteiger partial charge on any atom is 0.326 e. The molecule has 4 rings (SSSR count). The van der Waals surface area contributed by atoms with Crippen molar-refractivity contribution in [2.45, 2.75) is 13.5 Å². The normalized spacial score (nSPS) is 10.9. The summed E-state index contributed by atoms with van der Waals surface area (Å²) >= 11 is 0. The van der Waals surface area contributed by atoms with Crippen molar-refractivity contribution in [2.75, 3.05) is 11.9 Å². The maximum absolute atomic E-state index is 12.6. The molecule has 1 N–H and O–H groups in total. The molecule has 0 fully saturated rings. The number of ether oxygens (including phenoxy) is 1. The summed E-state index contributed by atoms with van der Waals surface area (Å²) in [7, 11) is 0. The maximum atomic E-state index is 12.6. The Morgan fingerprint density at radius 2 is 1.90 bits per heavy atom. The van der Waals surface area contributed by atoms with Gasteiger partial charge in [-0.05, 0) is 31.2 Å². The molecule has 0 radical (unpaired) electrons. The van der Waals surface area contributed by atoms with Crippen LogP contribution in [0, 0.1) is 6.92 Å². The van der Waals surface area contributed by atoms with Crippen molar-refractivity contribution in [3.05, 3.63) is 70.8 Å². The highest BCUT2D eigenvalue weighted by Crippen LogP contribution is 2.23. The van der Waals surface area contributed by atoms with Crippen molar-refractivity contribution in [1.29, 1.82) is 0 Å². The SMILES string of the molecule is Cc1ccc(NC(=O)COC(=O)Cn2cnc3c(oc4ccccc43)c2=O)cc1. The molecular formula is C21H17N3O5. The molecule has 8 nitrogen and oxygen atoms in total. The summed E-state index contributed by atoms with van der Waals surface area (Å²) in [6.07, 6.45) is 1.26. The monoisotopic (exact) mass is 391 g/mol. The minimum Gasteiger partial charge on any atom is -0.454 e. The van der Waals surface area contributed by atoms with Crippen molar-refractivity contribution < 1.29 is 18.7 Å². The molecule has 0 spiro atoms. The van der Waals surface area contributed by atoms with Crippen molar-refractivity contribution in [2.24, 2.45) is 0 Å². The predicted octanol–water partition coefficient (Wildman–Crippen LogP) is 2.63. The Bertz CT molecular complexity index is 1270. The van der Waals surface area contributed by atoms with Crippen LogP contribution in [0.4, 0.5) is 5.69 Å². The average molecular weight is 391 g/mol. The summed E-state index contributed by atoms with van der Waals surface area (Å²) in [6, 6.07) is 14.4. The molecule has 2 aromatic heterocycles. The van der Waals surface area contributed by atoms with Crippen LogP contribution in [-0.2, 0) is 20.9 Å². The lowest BCUT2D eigenvalue weighted by molar-refractivity contribution is -0.147. The van der Waals surface area contributed by atoms with Gasteiger partial charge in [0.15, 0.2) is 6.61 Å². The predicted molar refractivity (Wildman–Crippen MR) is 107 cm³/mol. The summed E-state index contributed by atoms with van der Waals surface area (Å²) in [5.41, 5.74) is 2.22. The van der Waals surface area contributed by atoms with E-state index < -0.39 is 24.0 Å². The summed E-state index contributed by atoms with van der Waals surface area (Å²) in [6.45, 7) is 1.10. The molecule has 0 saturated carbocycles. The number of hydrogen-bond donors (Lipinski definition) is 1. The zero-order chi connectivity index (χ0) is 20.4. The molecule has 1 amide bonds. The number of anilines is 1. The van der Waals surface area contributed by atoms with Crippen molar-refractivity contribution in [3.63, 3.8) is 0 Å². The van der Waals surface area contributed by atoms with Crippen LogP contribution in [0.5, 0.6) is 0 Å². The third-order valence-electron chi connectivity index (χ3n) is 4.35. The Kier molecular flexibility index (Phi) is 4.82. The number of para-hydroxylation sites is 1.